The van der Waals surface area contributed by atoms with E-state index in [0.29, 0.717) is 26.3 Å². The van der Waals surface area contributed by atoms with E-state index in [2.05, 4.69) is 15.9 Å². The van der Waals surface area contributed by atoms with Crippen LogP contribution in [0.4, 0.5) is 0 Å². The average molecular weight is 340 g/mol. The summed E-state index contributed by atoms with van der Waals surface area (Å²) in [6, 6.07) is 5.78. The van der Waals surface area contributed by atoms with Gasteiger partial charge in [-0.2, -0.15) is 0 Å². The molecule has 0 saturated carbocycles. The Morgan fingerprint density at radius 2 is 1.90 bits per heavy atom. The highest BCUT2D eigenvalue weighted by Crippen LogP contribution is 2.32. The van der Waals surface area contributed by atoms with Crippen LogP contribution in [0.1, 0.15) is 28.8 Å². The third-order valence-corrected chi connectivity index (χ3v) is 5.10. The van der Waals surface area contributed by atoms with Crippen molar-refractivity contribution in [1.82, 2.24) is 4.90 Å². The summed E-state index contributed by atoms with van der Waals surface area (Å²) in [6.45, 7) is 4.68. The van der Waals surface area contributed by atoms with Gasteiger partial charge in [0, 0.05) is 30.4 Å². The van der Waals surface area contributed by atoms with Crippen molar-refractivity contribution in [2.45, 2.75) is 25.6 Å². The summed E-state index contributed by atoms with van der Waals surface area (Å²) < 4.78 is 12.3. The molecule has 3 rings (SSSR count). The zero-order valence-corrected chi connectivity index (χ0v) is 13.1. The van der Waals surface area contributed by atoms with Crippen molar-refractivity contribution in [3.63, 3.8) is 0 Å². The Bertz CT molecular complexity index is 516. The van der Waals surface area contributed by atoms with E-state index in [1.165, 1.54) is 0 Å². The van der Waals surface area contributed by atoms with Gasteiger partial charge in [0.15, 0.2) is 5.79 Å². The topological polar surface area (TPSA) is 38.8 Å². The summed E-state index contributed by atoms with van der Waals surface area (Å²) in [5.74, 6) is -0.353. The smallest absolute Gasteiger partial charge is 0.255 e. The van der Waals surface area contributed by atoms with Gasteiger partial charge in [-0.05, 0) is 34.5 Å². The maximum Gasteiger partial charge on any atom is 0.255 e. The van der Waals surface area contributed by atoms with Gasteiger partial charge in [-0.3, -0.25) is 4.79 Å². The Morgan fingerprint density at radius 1 is 1.25 bits per heavy atom. The maximum atomic E-state index is 12.6. The Balaban J connectivity index is 1.71. The molecule has 20 heavy (non-hydrogen) atoms. The summed E-state index contributed by atoms with van der Waals surface area (Å²) in [4.78, 5) is 14.5. The summed E-state index contributed by atoms with van der Waals surface area (Å²) in [6.07, 6.45) is 1.50. The van der Waals surface area contributed by atoms with Gasteiger partial charge in [0.1, 0.15) is 0 Å². The van der Waals surface area contributed by atoms with Crippen molar-refractivity contribution in [3.8, 4) is 0 Å². The summed E-state index contributed by atoms with van der Waals surface area (Å²) in [7, 11) is 0. The maximum absolute atomic E-state index is 12.6. The Kier molecular flexibility index (Phi) is 3.84. The van der Waals surface area contributed by atoms with E-state index in [1.54, 1.807) is 0 Å². The fourth-order valence-corrected chi connectivity index (χ4v) is 3.25. The SMILES string of the molecule is Cc1cccc(C(=O)N2CCC3(CC2)OCCO3)c1Br. The number of nitrogens with zero attached hydrogens (tertiary/aromatic N) is 1. The molecule has 4 nitrogen and oxygen atoms in total. The number of rotatable bonds is 1. The number of carbonyl (C=O) groups is 1. The van der Waals surface area contributed by atoms with Crippen LogP contribution >= 0.6 is 15.9 Å². The standard InChI is InChI=1S/C15H18BrNO3/c1-11-3-2-4-12(13(11)16)14(18)17-7-5-15(6-8-17)19-9-10-20-15/h2-4H,5-10H2,1H3. The van der Waals surface area contributed by atoms with E-state index < -0.39 is 5.79 Å². The predicted octanol–water partition coefficient (Wildman–Crippen LogP) is 2.74. The van der Waals surface area contributed by atoms with Gasteiger partial charge < -0.3 is 14.4 Å². The monoisotopic (exact) mass is 339 g/mol. The van der Waals surface area contributed by atoms with Crippen LogP contribution in [0.15, 0.2) is 22.7 Å². The molecule has 1 spiro atoms. The number of halogens is 1. The quantitative estimate of drug-likeness (QED) is 0.789. The average Bonchev–Trinajstić information content (AvgIpc) is 2.90. The predicted molar refractivity (Wildman–Crippen MR) is 78.7 cm³/mol. The first-order chi connectivity index (χ1) is 9.61. The fourth-order valence-electron chi connectivity index (χ4n) is 2.82. The molecule has 0 N–H and O–H groups in total. The van der Waals surface area contributed by atoms with Gasteiger partial charge >= 0.3 is 0 Å². The summed E-state index contributed by atoms with van der Waals surface area (Å²) in [5, 5.41) is 0. The minimum Gasteiger partial charge on any atom is -0.347 e. The number of ether oxygens (including phenoxy) is 2. The molecule has 5 heteroatoms. The highest BCUT2D eigenvalue weighted by Gasteiger charge is 2.41. The van der Waals surface area contributed by atoms with Crippen LogP contribution in [-0.4, -0.2) is 42.9 Å². The van der Waals surface area contributed by atoms with Crippen LogP contribution in [0.25, 0.3) is 0 Å². The summed E-state index contributed by atoms with van der Waals surface area (Å²) >= 11 is 3.51. The van der Waals surface area contributed by atoms with Gasteiger partial charge in [0.05, 0.1) is 18.8 Å². The third kappa shape index (κ3) is 2.50. The minimum absolute atomic E-state index is 0.0772. The molecule has 108 valence electrons. The lowest BCUT2D eigenvalue weighted by molar-refractivity contribution is -0.181. The largest absolute Gasteiger partial charge is 0.347 e. The molecule has 2 saturated heterocycles. The molecular weight excluding hydrogens is 322 g/mol. The number of aryl methyl sites for hydroxylation is 1. The van der Waals surface area contributed by atoms with Crippen LogP contribution in [0.2, 0.25) is 0 Å². The Labute approximate surface area is 127 Å². The van der Waals surface area contributed by atoms with Gasteiger partial charge in [-0.1, -0.05) is 12.1 Å². The molecule has 0 unspecified atom stereocenters. The molecule has 0 aliphatic carbocycles. The first-order valence-corrected chi connectivity index (χ1v) is 7.73. The molecular formula is C15H18BrNO3. The molecule has 1 amide bonds. The zero-order chi connectivity index (χ0) is 14.2. The number of carbonyl (C=O) groups excluding carboxylic acids is 1. The second kappa shape index (κ2) is 5.47. The highest BCUT2D eigenvalue weighted by molar-refractivity contribution is 9.10. The lowest BCUT2D eigenvalue weighted by Gasteiger charge is -2.37. The van der Waals surface area contributed by atoms with E-state index in [4.69, 9.17) is 9.47 Å². The van der Waals surface area contributed by atoms with E-state index in [1.807, 2.05) is 30.0 Å². The van der Waals surface area contributed by atoms with Crippen LogP contribution in [0.5, 0.6) is 0 Å². The molecule has 1 aromatic carbocycles. The van der Waals surface area contributed by atoms with Crippen molar-refractivity contribution >= 4 is 21.8 Å². The highest BCUT2D eigenvalue weighted by atomic mass is 79.9. The lowest BCUT2D eigenvalue weighted by Crippen LogP contribution is -2.47. The molecule has 2 aliphatic rings. The molecule has 0 aromatic heterocycles. The molecule has 0 atom stereocenters. The van der Waals surface area contributed by atoms with Crippen molar-refractivity contribution in [3.05, 3.63) is 33.8 Å². The molecule has 0 radical (unpaired) electrons. The van der Waals surface area contributed by atoms with Crippen LogP contribution < -0.4 is 0 Å². The third-order valence-electron chi connectivity index (χ3n) is 4.05. The summed E-state index contributed by atoms with van der Waals surface area (Å²) in [5.41, 5.74) is 1.81. The van der Waals surface area contributed by atoms with Crippen molar-refractivity contribution in [2.75, 3.05) is 26.3 Å². The first kappa shape index (κ1) is 14.0. The molecule has 2 fully saturated rings. The van der Waals surface area contributed by atoms with Gasteiger partial charge in [-0.25, -0.2) is 0 Å². The van der Waals surface area contributed by atoms with E-state index in [9.17, 15) is 4.79 Å². The van der Waals surface area contributed by atoms with Gasteiger partial charge in [0.25, 0.3) is 5.91 Å². The lowest BCUT2D eigenvalue weighted by atomic mass is 10.0. The zero-order valence-electron chi connectivity index (χ0n) is 11.5. The number of hydrogen-bond acceptors (Lipinski definition) is 3. The molecule has 2 heterocycles. The fraction of sp³-hybridized carbons (Fsp3) is 0.533. The number of likely N-dealkylation sites (tertiary alicyclic amines) is 1. The Morgan fingerprint density at radius 3 is 2.55 bits per heavy atom. The second-order valence-corrected chi connectivity index (χ2v) is 6.13. The number of hydrogen-bond donors (Lipinski definition) is 0. The van der Waals surface area contributed by atoms with E-state index >= 15 is 0 Å². The van der Waals surface area contributed by atoms with Crippen molar-refractivity contribution in [1.29, 1.82) is 0 Å². The molecule has 2 aliphatic heterocycles. The molecule has 0 bridgehead atoms. The van der Waals surface area contributed by atoms with Crippen LogP contribution in [-0.2, 0) is 9.47 Å². The van der Waals surface area contributed by atoms with Crippen molar-refractivity contribution in [2.24, 2.45) is 0 Å². The van der Waals surface area contributed by atoms with Crippen LogP contribution in [0, 0.1) is 6.92 Å². The first-order valence-electron chi connectivity index (χ1n) is 6.94. The van der Waals surface area contributed by atoms with E-state index in [-0.39, 0.29) is 5.91 Å². The molecule has 1 aromatic rings. The van der Waals surface area contributed by atoms with Crippen molar-refractivity contribution < 1.29 is 14.3 Å². The number of benzene rings is 1. The van der Waals surface area contributed by atoms with E-state index in [0.717, 1.165) is 28.4 Å². The number of piperidine rings is 1. The minimum atomic E-state index is -0.430. The van der Waals surface area contributed by atoms with Crippen LogP contribution in [0.3, 0.4) is 0 Å². The number of amides is 1. The van der Waals surface area contributed by atoms with Gasteiger partial charge in [0.2, 0.25) is 0 Å². The normalized spacial score (nSPS) is 21.4. The van der Waals surface area contributed by atoms with Gasteiger partial charge in [-0.15, -0.1) is 0 Å². The second-order valence-electron chi connectivity index (χ2n) is 5.34. The Hall–Kier alpha value is -0.910.